The molecule has 0 aliphatic heterocycles. The van der Waals surface area contributed by atoms with Crippen LogP contribution in [0.1, 0.15) is 23.2 Å². The summed E-state index contributed by atoms with van der Waals surface area (Å²) in [5.74, 6) is 0.0636. The van der Waals surface area contributed by atoms with E-state index in [1.54, 1.807) is 42.5 Å². The number of ketones is 1. The molecule has 0 radical (unpaired) electrons. The van der Waals surface area contributed by atoms with Crippen LogP contribution >= 0.6 is 0 Å². The van der Waals surface area contributed by atoms with Gasteiger partial charge in [0.1, 0.15) is 0 Å². The Kier molecular flexibility index (Phi) is 3.51. The van der Waals surface area contributed by atoms with Crippen molar-refractivity contribution in [2.24, 2.45) is 5.92 Å². The summed E-state index contributed by atoms with van der Waals surface area (Å²) in [7, 11) is -3.68. The zero-order valence-electron chi connectivity index (χ0n) is 11.3. The fraction of sp³-hybridized carbons (Fsp3) is 0.188. The van der Waals surface area contributed by atoms with Crippen LogP contribution in [0.3, 0.4) is 0 Å². The first-order valence-corrected chi connectivity index (χ1v) is 8.27. The minimum atomic E-state index is -3.68. The van der Waals surface area contributed by atoms with Gasteiger partial charge in [-0.25, -0.2) is 8.42 Å². The van der Waals surface area contributed by atoms with Crippen molar-refractivity contribution >= 4 is 21.5 Å². The molecule has 0 saturated heterocycles. The van der Waals surface area contributed by atoms with Crippen molar-refractivity contribution in [2.75, 3.05) is 4.72 Å². The largest absolute Gasteiger partial charge is 0.294 e. The number of carbonyl (C=O) groups is 1. The van der Waals surface area contributed by atoms with Crippen molar-refractivity contribution in [3.8, 4) is 0 Å². The summed E-state index contributed by atoms with van der Waals surface area (Å²) in [5.41, 5.74) is 0.790. The van der Waals surface area contributed by atoms with Gasteiger partial charge in [0, 0.05) is 11.5 Å². The average molecular weight is 301 g/mol. The van der Waals surface area contributed by atoms with Crippen LogP contribution in [0.25, 0.3) is 0 Å². The Morgan fingerprint density at radius 3 is 2.24 bits per heavy atom. The summed E-state index contributed by atoms with van der Waals surface area (Å²) in [6.45, 7) is 0. The van der Waals surface area contributed by atoms with E-state index in [0.717, 1.165) is 12.8 Å². The molecule has 108 valence electrons. The van der Waals surface area contributed by atoms with Gasteiger partial charge in [0.25, 0.3) is 10.0 Å². The van der Waals surface area contributed by atoms with Gasteiger partial charge in [0.05, 0.1) is 10.6 Å². The van der Waals surface area contributed by atoms with Gasteiger partial charge in [0.2, 0.25) is 0 Å². The van der Waals surface area contributed by atoms with E-state index in [4.69, 9.17) is 0 Å². The van der Waals surface area contributed by atoms with Crippen LogP contribution in [-0.4, -0.2) is 14.2 Å². The molecule has 4 nitrogen and oxygen atoms in total. The lowest BCUT2D eigenvalue weighted by molar-refractivity contribution is 0.0968. The Morgan fingerprint density at radius 1 is 0.952 bits per heavy atom. The van der Waals surface area contributed by atoms with Crippen molar-refractivity contribution < 1.29 is 13.2 Å². The van der Waals surface area contributed by atoms with E-state index >= 15 is 0 Å². The maximum Gasteiger partial charge on any atom is 0.261 e. The molecule has 5 heteroatoms. The van der Waals surface area contributed by atoms with E-state index in [-0.39, 0.29) is 16.6 Å². The van der Waals surface area contributed by atoms with Crippen LogP contribution in [0.2, 0.25) is 0 Å². The molecule has 1 saturated carbocycles. The molecule has 21 heavy (non-hydrogen) atoms. The molecule has 0 heterocycles. The van der Waals surface area contributed by atoms with Gasteiger partial charge in [-0.3, -0.25) is 9.52 Å². The number of hydrogen-bond acceptors (Lipinski definition) is 3. The highest BCUT2D eigenvalue weighted by Gasteiger charge is 2.32. The first kappa shape index (κ1) is 13.8. The highest BCUT2D eigenvalue weighted by molar-refractivity contribution is 7.92. The molecule has 1 fully saturated rings. The molecule has 3 rings (SSSR count). The molecule has 0 unspecified atom stereocenters. The van der Waals surface area contributed by atoms with E-state index in [9.17, 15) is 13.2 Å². The van der Waals surface area contributed by atoms with Crippen molar-refractivity contribution in [2.45, 2.75) is 17.7 Å². The fourth-order valence-corrected chi connectivity index (χ4v) is 3.26. The Balaban J connectivity index is 1.93. The normalized spacial score (nSPS) is 14.7. The number of carbonyl (C=O) groups excluding carboxylic acids is 1. The summed E-state index contributed by atoms with van der Waals surface area (Å²) in [6, 6.07) is 14.9. The predicted octanol–water partition coefficient (Wildman–Crippen LogP) is 3.08. The molecule has 0 spiro atoms. The molecule has 1 aliphatic carbocycles. The summed E-state index contributed by atoms with van der Waals surface area (Å²) in [6.07, 6.45) is 1.78. The Labute approximate surface area is 123 Å². The van der Waals surface area contributed by atoms with Crippen LogP contribution in [0.15, 0.2) is 59.5 Å². The smallest absolute Gasteiger partial charge is 0.261 e. The third kappa shape index (κ3) is 2.97. The van der Waals surface area contributed by atoms with Gasteiger partial charge in [-0.2, -0.15) is 0 Å². The van der Waals surface area contributed by atoms with Gasteiger partial charge in [-0.05, 0) is 37.1 Å². The SMILES string of the molecule is O=C(c1ccccc1NS(=O)(=O)c1ccccc1)C1CC1. The minimum absolute atomic E-state index is 0.0151. The molecule has 0 atom stereocenters. The molecular formula is C16H15NO3S. The molecule has 2 aromatic carbocycles. The number of rotatable bonds is 5. The lowest BCUT2D eigenvalue weighted by Crippen LogP contribution is -2.16. The maximum absolute atomic E-state index is 12.3. The quantitative estimate of drug-likeness (QED) is 0.863. The fourth-order valence-electron chi connectivity index (χ4n) is 2.16. The van der Waals surface area contributed by atoms with Gasteiger partial charge in [-0.15, -0.1) is 0 Å². The highest BCUT2D eigenvalue weighted by Crippen LogP contribution is 2.35. The van der Waals surface area contributed by atoms with E-state index in [0.29, 0.717) is 11.3 Å². The molecule has 0 aromatic heterocycles. The standard InChI is InChI=1S/C16H15NO3S/c18-16(12-10-11-12)14-8-4-5-9-15(14)17-21(19,20)13-6-2-1-3-7-13/h1-9,12,17H,10-11H2. The van der Waals surface area contributed by atoms with Crippen LogP contribution in [0, 0.1) is 5.92 Å². The molecule has 0 amide bonds. The van der Waals surface area contributed by atoms with Crippen molar-refractivity contribution in [3.63, 3.8) is 0 Å². The number of sulfonamides is 1. The lowest BCUT2D eigenvalue weighted by atomic mass is 10.1. The van der Waals surface area contributed by atoms with Crippen LogP contribution in [0.5, 0.6) is 0 Å². The molecule has 2 aromatic rings. The molecule has 1 aliphatic rings. The predicted molar refractivity (Wildman–Crippen MR) is 80.7 cm³/mol. The van der Waals surface area contributed by atoms with Crippen molar-refractivity contribution in [1.29, 1.82) is 0 Å². The van der Waals surface area contributed by atoms with E-state index < -0.39 is 10.0 Å². The number of nitrogens with one attached hydrogen (secondary N) is 1. The Hall–Kier alpha value is -2.14. The van der Waals surface area contributed by atoms with Crippen molar-refractivity contribution in [1.82, 2.24) is 0 Å². The van der Waals surface area contributed by atoms with Crippen molar-refractivity contribution in [3.05, 3.63) is 60.2 Å². The Morgan fingerprint density at radius 2 is 1.57 bits per heavy atom. The summed E-state index contributed by atoms with van der Waals surface area (Å²) in [4.78, 5) is 12.4. The second-order valence-corrected chi connectivity index (χ2v) is 6.79. The number of anilines is 1. The first-order valence-electron chi connectivity index (χ1n) is 6.79. The molecule has 1 N–H and O–H groups in total. The monoisotopic (exact) mass is 301 g/mol. The summed E-state index contributed by atoms with van der Waals surface area (Å²) >= 11 is 0. The zero-order valence-corrected chi connectivity index (χ0v) is 12.1. The van der Waals surface area contributed by atoms with Gasteiger partial charge < -0.3 is 0 Å². The number of Topliss-reactive ketones (excluding diaryl/α,β-unsaturated/α-hetero) is 1. The number of hydrogen-bond donors (Lipinski definition) is 1. The number of benzene rings is 2. The summed E-state index contributed by atoms with van der Waals surface area (Å²) < 4.78 is 27.2. The molecule has 0 bridgehead atoms. The Bertz CT molecular complexity index is 765. The van der Waals surface area contributed by atoms with Gasteiger partial charge >= 0.3 is 0 Å². The van der Waals surface area contributed by atoms with Crippen LogP contribution in [-0.2, 0) is 10.0 Å². The number of para-hydroxylation sites is 1. The summed E-state index contributed by atoms with van der Waals surface area (Å²) in [5, 5.41) is 0. The second-order valence-electron chi connectivity index (χ2n) is 5.10. The van der Waals surface area contributed by atoms with Crippen LogP contribution in [0.4, 0.5) is 5.69 Å². The van der Waals surface area contributed by atoms with E-state index in [1.807, 2.05) is 0 Å². The van der Waals surface area contributed by atoms with Gasteiger partial charge in [0.15, 0.2) is 5.78 Å². The molecular weight excluding hydrogens is 286 g/mol. The highest BCUT2D eigenvalue weighted by atomic mass is 32.2. The maximum atomic E-state index is 12.3. The van der Waals surface area contributed by atoms with E-state index in [2.05, 4.69) is 4.72 Å². The van der Waals surface area contributed by atoms with E-state index in [1.165, 1.54) is 12.1 Å². The average Bonchev–Trinajstić information content (AvgIpc) is 3.32. The van der Waals surface area contributed by atoms with Gasteiger partial charge in [-0.1, -0.05) is 30.3 Å². The van der Waals surface area contributed by atoms with Crippen LogP contribution < -0.4 is 4.72 Å². The zero-order chi connectivity index (χ0) is 14.9. The minimum Gasteiger partial charge on any atom is -0.294 e. The lowest BCUT2D eigenvalue weighted by Gasteiger charge is -2.11. The first-order chi connectivity index (χ1) is 10.1. The third-order valence-electron chi connectivity index (χ3n) is 3.44. The second kappa shape index (κ2) is 5.33. The third-order valence-corrected chi connectivity index (χ3v) is 4.82. The topological polar surface area (TPSA) is 63.2 Å².